The minimum absolute atomic E-state index is 0.0113. The van der Waals surface area contributed by atoms with Gasteiger partial charge in [0.2, 0.25) is 0 Å². The van der Waals surface area contributed by atoms with Crippen LogP contribution < -0.4 is 4.90 Å². The zero-order valence-electron chi connectivity index (χ0n) is 43.2. The Morgan fingerprint density at radius 2 is 0.875 bits per heavy atom. The number of nitrogens with zero attached hydrogens (tertiary/aromatic N) is 1. The van der Waals surface area contributed by atoms with Crippen molar-refractivity contribution in [3.8, 4) is 55.6 Å². The minimum atomic E-state index is -0.486. The first-order chi connectivity index (χ1) is 34.7. The molecule has 0 aliphatic heterocycles. The smallest absolute Gasteiger partial charge is 0.0726 e. The molecule has 9 aromatic carbocycles. The molecule has 0 aromatic heterocycles. The maximum atomic E-state index is 2.61. The lowest BCUT2D eigenvalue weighted by Gasteiger charge is -2.33. The van der Waals surface area contributed by atoms with E-state index in [0.717, 1.165) is 5.69 Å². The zero-order valence-corrected chi connectivity index (χ0v) is 43.2. The summed E-state index contributed by atoms with van der Waals surface area (Å²) in [7, 11) is 0. The van der Waals surface area contributed by atoms with Gasteiger partial charge >= 0.3 is 0 Å². The van der Waals surface area contributed by atoms with Gasteiger partial charge in [0.25, 0.3) is 0 Å². The summed E-state index contributed by atoms with van der Waals surface area (Å²) in [5.74, 6) is 0. The van der Waals surface area contributed by atoms with Gasteiger partial charge in [0.15, 0.2) is 0 Å². The van der Waals surface area contributed by atoms with Crippen LogP contribution in [0, 0.1) is 0 Å². The van der Waals surface area contributed by atoms with Crippen molar-refractivity contribution in [2.75, 3.05) is 4.90 Å². The molecule has 72 heavy (non-hydrogen) atoms. The zero-order chi connectivity index (χ0) is 49.1. The molecule has 352 valence electrons. The van der Waals surface area contributed by atoms with E-state index in [2.05, 4.69) is 248 Å². The summed E-state index contributed by atoms with van der Waals surface area (Å²) in [6, 6.07) is 73.6. The molecule has 5 aliphatic rings. The monoisotopic (exact) mass is 929 g/mol. The summed E-state index contributed by atoms with van der Waals surface area (Å²) in [6.45, 7) is 18.9. The molecular weight excluding hydrogens is 867 g/mol. The maximum Gasteiger partial charge on any atom is 0.0726 e. The van der Waals surface area contributed by atoms with E-state index < -0.39 is 5.41 Å². The summed E-state index contributed by atoms with van der Waals surface area (Å²) < 4.78 is 0. The molecule has 0 atom stereocenters. The molecule has 1 heteroatoms. The molecule has 0 saturated heterocycles. The topological polar surface area (TPSA) is 3.24 Å². The normalized spacial score (nSPS) is 16.4. The summed E-state index contributed by atoms with van der Waals surface area (Å²) in [5, 5.41) is 0. The molecule has 1 saturated carbocycles. The summed E-state index contributed by atoms with van der Waals surface area (Å²) >= 11 is 0. The highest BCUT2D eigenvalue weighted by Gasteiger charge is 2.53. The van der Waals surface area contributed by atoms with Crippen LogP contribution in [0.2, 0.25) is 0 Å². The van der Waals surface area contributed by atoms with Gasteiger partial charge in [-0.2, -0.15) is 0 Å². The predicted molar refractivity (Wildman–Crippen MR) is 303 cm³/mol. The molecule has 0 N–H and O–H groups in total. The number of rotatable bonds is 4. The van der Waals surface area contributed by atoms with Crippen molar-refractivity contribution in [2.24, 2.45) is 0 Å². The lowest BCUT2D eigenvalue weighted by molar-refractivity contribution is 0.550. The Morgan fingerprint density at radius 1 is 0.375 bits per heavy atom. The molecule has 0 bridgehead atoms. The SMILES string of the molecule is CC(C)(C)c1ccc2c(c1)-c1cc(C(C)(C)C)ccc1C21c2ccccc2-c2c(N(c3ccc(-c4cccc5c4C(C)(C)c4ccccc4-5)cc3)c3ccc4c(c3)C3(CCCC3)c3ccccc3-4)cccc21. The molecular formula is C71H63N. The Hall–Kier alpha value is -7.22. The van der Waals surface area contributed by atoms with Crippen molar-refractivity contribution in [1.82, 2.24) is 0 Å². The number of anilines is 3. The van der Waals surface area contributed by atoms with Crippen molar-refractivity contribution < 1.29 is 0 Å². The Morgan fingerprint density at radius 3 is 1.53 bits per heavy atom. The standard InChI is InChI=1S/C71H63N/c1-67(2,3)45-31-37-60-55(41-45)56-42-46(68(4,5)6)32-38-61(56)71(60)59-26-14-11-21-54(59)65-62(71)27-18-28-64(65)72(48-35-36-52-50-19-10-13-25-58(50)70(63(52)43-48)39-15-16-40-70)47-33-29-44(30-34-47)49-22-17-23-53-51-20-9-12-24-57(51)69(7,8)66(49)53/h9-14,17-38,41-43H,15-16,39-40H2,1-8H3. The van der Waals surface area contributed by atoms with E-state index in [0.29, 0.717) is 0 Å². The van der Waals surface area contributed by atoms with Gasteiger partial charge in [0.05, 0.1) is 11.1 Å². The summed E-state index contributed by atoms with van der Waals surface area (Å²) in [5.41, 5.74) is 30.5. The lowest BCUT2D eigenvalue weighted by atomic mass is 9.70. The van der Waals surface area contributed by atoms with E-state index in [1.807, 2.05) is 0 Å². The minimum Gasteiger partial charge on any atom is -0.310 e. The van der Waals surface area contributed by atoms with Gasteiger partial charge in [0.1, 0.15) is 0 Å². The average molecular weight is 930 g/mol. The van der Waals surface area contributed by atoms with Crippen LogP contribution in [-0.2, 0) is 27.1 Å². The second-order valence-electron chi connectivity index (χ2n) is 24.4. The molecule has 14 rings (SSSR count). The number of fused-ring (bicyclic) bond motifs is 18. The Labute approximate surface area is 427 Å². The molecule has 1 fully saturated rings. The molecule has 0 radical (unpaired) electrons. The van der Waals surface area contributed by atoms with Gasteiger partial charge in [-0.15, -0.1) is 0 Å². The van der Waals surface area contributed by atoms with Crippen molar-refractivity contribution in [3.63, 3.8) is 0 Å². The number of hydrogen-bond donors (Lipinski definition) is 0. The molecule has 0 amide bonds. The van der Waals surface area contributed by atoms with E-state index >= 15 is 0 Å². The highest BCUT2D eigenvalue weighted by Crippen LogP contribution is 2.66. The lowest BCUT2D eigenvalue weighted by Crippen LogP contribution is -2.26. The highest BCUT2D eigenvalue weighted by molar-refractivity contribution is 6.02. The van der Waals surface area contributed by atoms with Crippen molar-refractivity contribution >= 4 is 17.1 Å². The summed E-state index contributed by atoms with van der Waals surface area (Å²) in [6.07, 6.45) is 4.91. The molecule has 9 aromatic rings. The fourth-order valence-corrected chi connectivity index (χ4v) is 14.7. The fourth-order valence-electron chi connectivity index (χ4n) is 14.7. The quantitative estimate of drug-likeness (QED) is 0.170. The average Bonchev–Trinajstić information content (AvgIpc) is 4.18. The van der Waals surface area contributed by atoms with Crippen LogP contribution in [-0.4, -0.2) is 0 Å². The van der Waals surface area contributed by atoms with Gasteiger partial charge in [-0.05, 0) is 160 Å². The third kappa shape index (κ3) is 5.77. The van der Waals surface area contributed by atoms with Crippen LogP contribution in [0.4, 0.5) is 17.1 Å². The Balaban J connectivity index is 1.01. The summed E-state index contributed by atoms with van der Waals surface area (Å²) in [4.78, 5) is 2.61. The van der Waals surface area contributed by atoms with Crippen LogP contribution in [0.15, 0.2) is 188 Å². The molecule has 0 heterocycles. The molecule has 2 spiro atoms. The molecule has 5 aliphatic carbocycles. The van der Waals surface area contributed by atoms with Crippen molar-refractivity contribution in [2.45, 2.75) is 108 Å². The highest BCUT2D eigenvalue weighted by atomic mass is 15.1. The van der Waals surface area contributed by atoms with Gasteiger partial charge in [-0.1, -0.05) is 226 Å². The molecule has 1 nitrogen and oxygen atoms in total. The third-order valence-corrected chi connectivity index (χ3v) is 18.1. The van der Waals surface area contributed by atoms with E-state index in [1.54, 1.807) is 0 Å². The van der Waals surface area contributed by atoms with Gasteiger partial charge in [-0.25, -0.2) is 0 Å². The third-order valence-electron chi connectivity index (χ3n) is 18.1. The molecule has 0 unspecified atom stereocenters. The van der Waals surface area contributed by atoms with E-state index in [-0.39, 0.29) is 21.7 Å². The van der Waals surface area contributed by atoms with Crippen molar-refractivity contribution in [1.29, 1.82) is 0 Å². The number of hydrogen-bond acceptors (Lipinski definition) is 1. The number of benzene rings is 9. The fraction of sp³-hybridized carbons (Fsp3) is 0.239. The van der Waals surface area contributed by atoms with Crippen molar-refractivity contribution in [3.05, 3.63) is 244 Å². The van der Waals surface area contributed by atoms with Gasteiger partial charge < -0.3 is 4.90 Å². The van der Waals surface area contributed by atoms with E-state index in [1.165, 1.54) is 148 Å². The van der Waals surface area contributed by atoms with Crippen LogP contribution in [0.5, 0.6) is 0 Å². The van der Waals surface area contributed by atoms with Crippen LogP contribution in [0.1, 0.15) is 137 Å². The first-order valence-corrected chi connectivity index (χ1v) is 26.6. The van der Waals surface area contributed by atoms with Gasteiger partial charge in [-0.3, -0.25) is 0 Å². The van der Waals surface area contributed by atoms with E-state index in [9.17, 15) is 0 Å². The van der Waals surface area contributed by atoms with E-state index in [4.69, 9.17) is 0 Å². The second-order valence-corrected chi connectivity index (χ2v) is 24.4. The Bertz CT molecular complexity index is 3680. The second kappa shape index (κ2) is 14.9. The first-order valence-electron chi connectivity index (χ1n) is 26.6. The predicted octanol–water partition coefficient (Wildman–Crippen LogP) is 18.9. The first kappa shape index (κ1) is 43.6. The van der Waals surface area contributed by atoms with Crippen LogP contribution in [0.3, 0.4) is 0 Å². The van der Waals surface area contributed by atoms with Crippen LogP contribution in [0.25, 0.3) is 55.6 Å². The van der Waals surface area contributed by atoms with Crippen LogP contribution >= 0.6 is 0 Å². The Kier molecular flexibility index (Phi) is 9.03. The maximum absolute atomic E-state index is 2.61. The van der Waals surface area contributed by atoms with Gasteiger partial charge in [0, 0.05) is 27.8 Å². The largest absolute Gasteiger partial charge is 0.310 e.